The Morgan fingerprint density at radius 2 is 2.17 bits per heavy atom. The van der Waals surface area contributed by atoms with E-state index in [1.807, 2.05) is 26.0 Å². The van der Waals surface area contributed by atoms with E-state index in [1.165, 1.54) is 5.56 Å². The molecule has 18 heavy (non-hydrogen) atoms. The molecule has 0 spiro atoms. The van der Waals surface area contributed by atoms with E-state index in [4.69, 9.17) is 10.2 Å². The molecule has 0 fully saturated rings. The van der Waals surface area contributed by atoms with Gasteiger partial charge in [-0.25, -0.2) is 0 Å². The van der Waals surface area contributed by atoms with Gasteiger partial charge in [0, 0.05) is 5.69 Å². The fraction of sp³-hybridized carbons (Fsp3) is 0.385. The van der Waals surface area contributed by atoms with Gasteiger partial charge in [0.15, 0.2) is 0 Å². The van der Waals surface area contributed by atoms with Crippen LogP contribution in [0.4, 0.5) is 11.7 Å². The summed E-state index contributed by atoms with van der Waals surface area (Å²) in [7, 11) is 0. The van der Waals surface area contributed by atoms with E-state index in [1.54, 1.807) is 0 Å². The molecule has 1 unspecified atom stereocenters. The molecular weight excluding hydrogens is 228 g/mol. The number of para-hydroxylation sites is 1. The summed E-state index contributed by atoms with van der Waals surface area (Å²) in [6.07, 6.45) is 0.943. The molecular formula is C13H18N4O. The largest absolute Gasteiger partial charge is 0.406 e. The lowest BCUT2D eigenvalue weighted by molar-refractivity contribution is 0.475. The van der Waals surface area contributed by atoms with Crippen molar-refractivity contribution in [2.24, 2.45) is 5.73 Å². The Balaban J connectivity index is 2.27. The first kappa shape index (κ1) is 12.6. The number of hydrogen-bond donors (Lipinski definition) is 2. The number of aryl methyl sites for hydroxylation is 2. The molecule has 5 nitrogen and oxygen atoms in total. The van der Waals surface area contributed by atoms with Crippen LogP contribution in [0.15, 0.2) is 22.6 Å². The highest BCUT2D eigenvalue weighted by atomic mass is 16.4. The van der Waals surface area contributed by atoms with Crippen LogP contribution >= 0.6 is 0 Å². The van der Waals surface area contributed by atoms with Gasteiger partial charge in [0.2, 0.25) is 5.89 Å². The van der Waals surface area contributed by atoms with Crippen LogP contribution in [0.1, 0.15) is 36.9 Å². The maximum atomic E-state index is 5.68. The maximum absolute atomic E-state index is 5.68. The summed E-state index contributed by atoms with van der Waals surface area (Å²) in [6, 6.07) is 6.30. The van der Waals surface area contributed by atoms with Crippen molar-refractivity contribution in [2.45, 2.75) is 33.2 Å². The Kier molecular flexibility index (Phi) is 3.62. The highest BCUT2D eigenvalue weighted by Gasteiger charge is 2.12. The van der Waals surface area contributed by atoms with Crippen LogP contribution in [0, 0.1) is 6.92 Å². The van der Waals surface area contributed by atoms with Gasteiger partial charge in [0.25, 0.3) is 0 Å². The molecule has 1 atom stereocenters. The molecule has 1 aromatic heterocycles. The number of nitrogens with two attached hydrogens (primary N) is 1. The molecule has 1 aromatic carbocycles. The average molecular weight is 246 g/mol. The molecule has 96 valence electrons. The van der Waals surface area contributed by atoms with Crippen molar-refractivity contribution in [3.63, 3.8) is 0 Å². The Labute approximate surface area is 106 Å². The van der Waals surface area contributed by atoms with Crippen molar-refractivity contribution in [2.75, 3.05) is 5.32 Å². The minimum atomic E-state index is -0.254. The molecule has 3 N–H and O–H groups in total. The van der Waals surface area contributed by atoms with Crippen molar-refractivity contribution < 1.29 is 4.42 Å². The molecule has 0 bridgehead atoms. The topological polar surface area (TPSA) is 77.0 Å². The number of nitrogens with one attached hydrogen (secondary N) is 1. The zero-order chi connectivity index (χ0) is 13.1. The molecule has 5 heteroatoms. The normalized spacial score (nSPS) is 12.4. The number of anilines is 2. The van der Waals surface area contributed by atoms with Crippen LogP contribution in [-0.4, -0.2) is 10.2 Å². The molecule has 0 aliphatic heterocycles. The SMILES string of the molecule is CCc1cccc(C)c1Nc1nnc(C(C)N)o1. The first-order valence-electron chi connectivity index (χ1n) is 6.06. The van der Waals surface area contributed by atoms with Gasteiger partial charge in [-0.05, 0) is 31.4 Å². The Hall–Kier alpha value is -1.88. The predicted octanol–water partition coefficient (Wildman–Crippen LogP) is 2.70. The molecule has 0 radical (unpaired) electrons. The zero-order valence-electron chi connectivity index (χ0n) is 10.9. The summed E-state index contributed by atoms with van der Waals surface area (Å²) in [6.45, 7) is 5.97. The highest BCUT2D eigenvalue weighted by molar-refractivity contribution is 5.62. The molecule has 1 heterocycles. The summed E-state index contributed by atoms with van der Waals surface area (Å²) in [5.74, 6) is 0.434. The van der Waals surface area contributed by atoms with Crippen molar-refractivity contribution >= 4 is 11.7 Å². The number of aromatic nitrogens is 2. The van der Waals surface area contributed by atoms with Crippen LogP contribution in [0.3, 0.4) is 0 Å². The smallest absolute Gasteiger partial charge is 0.320 e. The monoisotopic (exact) mass is 246 g/mol. The predicted molar refractivity (Wildman–Crippen MR) is 70.7 cm³/mol. The number of rotatable bonds is 4. The minimum Gasteiger partial charge on any atom is -0.406 e. The molecule has 0 saturated heterocycles. The Morgan fingerprint density at radius 1 is 1.39 bits per heavy atom. The van der Waals surface area contributed by atoms with E-state index >= 15 is 0 Å². The lowest BCUT2D eigenvalue weighted by Gasteiger charge is -2.10. The fourth-order valence-corrected chi connectivity index (χ4v) is 1.78. The zero-order valence-corrected chi connectivity index (χ0v) is 10.9. The van der Waals surface area contributed by atoms with Gasteiger partial charge in [-0.3, -0.25) is 0 Å². The molecule has 2 aromatic rings. The van der Waals surface area contributed by atoms with Crippen LogP contribution in [0.2, 0.25) is 0 Å². The second-order valence-corrected chi connectivity index (χ2v) is 4.32. The first-order valence-corrected chi connectivity index (χ1v) is 6.06. The van der Waals surface area contributed by atoms with Gasteiger partial charge in [0.05, 0.1) is 6.04 Å². The molecule has 0 amide bonds. The van der Waals surface area contributed by atoms with Gasteiger partial charge in [-0.2, -0.15) is 0 Å². The second-order valence-electron chi connectivity index (χ2n) is 4.32. The third-order valence-corrected chi connectivity index (χ3v) is 2.80. The summed E-state index contributed by atoms with van der Waals surface area (Å²) in [5, 5.41) is 11.0. The molecule has 0 aliphatic carbocycles. The van der Waals surface area contributed by atoms with Crippen LogP contribution < -0.4 is 11.1 Å². The third kappa shape index (κ3) is 2.51. The van der Waals surface area contributed by atoms with Crippen molar-refractivity contribution in [3.05, 3.63) is 35.2 Å². The standard InChI is InChI=1S/C13H18N4O/c1-4-10-7-5-6-8(2)11(10)15-13-17-16-12(18-13)9(3)14/h5-7,9H,4,14H2,1-3H3,(H,15,17). The fourth-order valence-electron chi connectivity index (χ4n) is 1.78. The number of benzene rings is 1. The first-order chi connectivity index (χ1) is 8.61. The Bertz CT molecular complexity index is 534. The van der Waals surface area contributed by atoms with E-state index in [0.29, 0.717) is 11.9 Å². The number of hydrogen-bond acceptors (Lipinski definition) is 5. The van der Waals surface area contributed by atoms with E-state index < -0.39 is 0 Å². The van der Waals surface area contributed by atoms with Crippen molar-refractivity contribution in [3.8, 4) is 0 Å². The summed E-state index contributed by atoms with van der Waals surface area (Å²) < 4.78 is 5.45. The van der Waals surface area contributed by atoms with Gasteiger partial charge < -0.3 is 15.5 Å². The van der Waals surface area contributed by atoms with Gasteiger partial charge >= 0.3 is 6.01 Å². The lowest BCUT2D eigenvalue weighted by Crippen LogP contribution is -2.04. The molecule has 2 rings (SSSR count). The average Bonchev–Trinajstić information content (AvgIpc) is 2.80. The third-order valence-electron chi connectivity index (χ3n) is 2.80. The van der Waals surface area contributed by atoms with Gasteiger partial charge in [0.1, 0.15) is 0 Å². The van der Waals surface area contributed by atoms with E-state index in [0.717, 1.165) is 17.7 Å². The molecule has 0 aliphatic rings. The van der Waals surface area contributed by atoms with Crippen LogP contribution in [0.5, 0.6) is 0 Å². The quantitative estimate of drug-likeness (QED) is 0.867. The van der Waals surface area contributed by atoms with Gasteiger partial charge in [-0.1, -0.05) is 30.2 Å². The van der Waals surface area contributed by atoms with Crippen molar-refractivity contribution in [1.29, 1.82) is 0 Å². The summed E-state index contributed by atoms with van der Waals surface area (Å²) in [4.78, 5) is 0. The van der Waals surface area contributed by atoms with E-state index in [2.05, 4.69) is 28.5 Å². The van der Waals surface area contributed by atoms with Crippen LogP contribution in [0.25, 0.3) is 0 Å². The minimum absolute atomic E-state index is 0.254. The van der Waals surface area contributed by atoms with Gasteiger partial charge in [-0.15, -0.1) is 5.10 Å². The van der Waals surface area contributed by atoms with E-state index in [-0.39, 0.29) is 6.04 Å². The summed E-state index contributed by atoms with van der Waals surface area (Å²) >= 11 is 0. The van der Waals surface area contributed by atoms with Crippen LogP contribution in [-0.2, 0) is 6.42 Å². The molecule has 0 saturated carbocycles. The lowest BCUT2D eigenvalue weighted by atomic mass is 10.1. The second kappa shape index (κ2) is 5.18. The Morgan fingerprint density at radius 3 is 2.78 bits per heavy atom. The maximum Gasteiger partial charge on any atom is 0.320 e. The number of nitrogens with zero attached hydrogens (tertiary/aromatic N) is 2. The van der Waals surface area contributed by atoms with Crippen molar-refractivity contribution in [1.82, 2.24) is 10.2 Å². The highest BCUT2D eigenvalue weighted by Crippen LogP contribution is 2.25. The van der Waals surface area contributed by atoms with E-state index in [9.17, 15) is 0 Å². The summed E-state index contributed by atoms with van der Waals surface area (Å²) in [5.41, 5.74) is 9.08.